The van der Waals surface area contributed by atoms with Gasteiger partial charge in [-0.1, -0.05) is 12.1 Å². The maximum absolute atomic E-state index is 13.2. The van der Waals surface area contributed by atoms with Crippen LogP contribution < -0.4 is 9.47 Å². The Morgan fingerprint density at radius 1 is 1.13 bits per heavy atom. The highest BCUT2D eigenvalue weighted by Crippen LogP contribution is 2.37. The van der Waals surface area contributed by atoms with E-state index in [4.69, 9.17) is 14.5 Å². The molecule has 2 aliphatic rings. The number of thiazole rings is 1. The summed E-state index contributed by atoms with van der Waals surface area (Å²) in [6, 6.07) is 12.6. The van der Waals surface area contributed by atoms with E-state index >= 15 is 0 Å². The number of carbonyl (C=O) groups is 1. The largest absolute Gasteiger partial charge is 0.493 e. The Kier molecular flexibility index (Phi) is 5.54. The van der Waals surface area contributed by atoms with Gasteiger partial charge in [0.15, 0.2) is 11.5 Å². The Labute approximate surface area is 186 Å². The van der Waals surface area contributed by atoms with Crippen LogP contribution >= 0.6 is 11.3 Å². The third kappa shape index (κ3) is 3.88. The standard InChI is InChI=1S/C24H27N3O3S/c1-29-20-12-16-9-11-27(14-17(16)13-21(20)30-2)23(28)15-26-10-5-7-19(26)24-25-18-6-3-4-8-22(18)31-24/h3-4,6,8,12-13,19H,5,7,9-11,14-15H2,1-2H3/t19-/m1/s1. The van der Waals surface area contributed by atoms with Gasteiger partial charge in [-0.2, -0.15) is 0 Å². The van der Waals surface area contributed by atoms with Crippen molar-refractivity contribution in [2.24, 2.45) is 0 Å². The molecule has 7 heteroatoms. The summed E-state index contributed by atoms with van der Waals surface area (Å²) in [7, 11) is 3.30. The monoisotopic (exact) mass is 437 g/mol. The van der Waals surface area contributed by atoms with Crippen LogP contribution in [0.5, 0.6) is 11.5 Å². The lowest BCUT2D eigenvalue weighted by Gasteiger charge is -2.32. The zero-order chi connectivity index (χ0) is 21.4. The predicted molar refractivity (Wildman–Crippen MR) is 122 cm³/mol. The SMILES string of the molecule is COc1cc2c(cc1OC)CN(C(=O)CN1CCC[C@@H]1c1nc3ccccc3s1)CC2. The highest BCUT2D eigenvalue weighted by atomic mass is 32.1. The van der Waals surface area contributed by atoms with E-state index in [0.29, 0.717) is 18.8 Å². The summed E-state index contributed by atoms with van der Waals surface area (Å²) in [6.07, 6.45) is 3.00. The number of hydrogen-bond acceptors (Lipinski definition) is 6. The number of nitrogens with zero attached hydrogens (tertiary/aromatic N) is 3. The summed E-state index contributed by atoms with van der Waals surface area (Å²) < 4.78 is 12.1. The topological polar surface area (TPSA) is 54.9 Å². The molecule has 2 aromatic carbocycles. The minimum atomic E-state index is 0.188. The van der Waals surface area contributed by atoms with E-state index in [9.17, 15) is 4.79 Å². The summed E-state index contributed by atoms with van der Waals surface area (Å²) in [4.78, 5) is 22.3. The molecule has 6 nitrogen and oxygen atoms in total. The van der Waals surface area contributed by atoms with Gasteiger partial charge in [-0.3, -0.25) is 9.69 Å². The lowest BCUT2D eigenvalue weighted by molar-refractivity contribution is -0.133. The molecule has 3 aromatic rings. The fraction of sp³-hybridized carbons (Fsp3) is 0.417. The van der Waals surface area contributed by atoms with Crippen LogP contribution in [0.3, 0.4) is 0 Å². The summed E-state index contributed by atoms with van der Waals surface area (Å²) in [5, 5.41) is 1.13. The zero-order valence-electron chi connectivity index (χ0n) is 18.0. The second-order valence-corrected chi connectivity index (χ2v) is 9.25. The lowest BCUT2D eigenvalue weighted by Crippen LogP contribution is -2.42. The first-order valence-corrected chi connectivity index (χ1v) is 11.6. The molecule has 5 rings (SSSR count). The number of hydrogen-bond donors (Lipinski definition) is 0. The summed E-state index contributed by atoms with van der Waals surface area (Å²) in [6.45, 7) is 2.75. The molecule has 162 valence electrons. The van der Waals surface area contributed by atoms with Gasteiger partial charge in [-0.25, -0.2) is 4.98 Å². The van der Waals surface area contributed by atoms with E-state index in [1.807, 2.05) is 23.1 Å². The number of amides is 1. The van der Waals surface area contributed by atoms with Crippen molar-refractivity contribution in [3.05, 3.63) is 52.5 Å². The van der Waals surface area contributed by atoms with Gasteiger partial charge in [0.25, 0.3) is 0 Å². The molecule has 0 saturated carbocycles. The molecule has 1 saturated heterocycles. The first-order chi connectivity index (χ1) is 15.2. The molecule has 0 spiro atoms. The first-order valence-electron chi connectivity index (χ1n) is 10.8. The molecule has 0 N–H and O–H groups in total. The van der Waals surface area contributed by atoms with Crippen molar-refractivity contribution in [2.45, 2.75) is 31.8 Å². The van der Waals surface area contributed by atoms with E-state index in [2.05, 4.69) is 23.1 Å². The Bertz CT molecular complexity index is 1080. The fourth-order valence-corrected chi connectivity index (χ4v) is 5.83. The number of ether oxygens (including phenoxy) is 2. The van der Waals surface area contributed by atoms with Crippen LogP contribution in [0, 0.1) is 0 Å². The van der Waals surface area contributed by atoms with Crippen LogP contribution in [0.4, 0.5) is 0 Å². The number of benzene rings is 2. The highest BCUT2D eigenvalue weighted by molar-refractivity contribution is 7.18. The van der Waals surface area contributed by atoms with Crippen LogP contribution in [0.25, 0.3) is 10.2 Å². The van der Waals surface area contributed by atoms with Crippen molar-refractivity contribution in [1.82, 2.24) is 14.8 Å². The maximum Gasteiger partial charge on any atom is 0.237 e. The summed E-state index contributed by atoms with van der Waals surface area (Å²) in [5.74, 6) is 1.65. The third-order valence-electron chi connectivity index (χ3n) is 6.37. The van der Waals surface area contributed by atoms with E-state index < -0.39 is 0 Å². The number of carbonyl (C=O) groups excluding carboxylic acids is 1. The quantitative estimate of drug-likeness (QED) is 0.603. The van der Waals surface area contributed by atoms with E-state index in [1.165, 1.54) is 10.3 Å². The van der Waals surface area contributed by atoms with Crippen LogP contribution in [0.15, 0.2) is 36.4 Å². The van der Waals surface area contributed by atoms with Crippen molar-refractivity contribution in [2.75, 3.05) is 33.9 Å². The molecule has 1 amide bonds. The number of methoxy groups -OCH3 is 2. The molecule has 0 unspecified atom stereocenters. The van der Waals surface area contributed by atoms with Crippen molar-refractivity contribution >= 4 is 27.5 Å². The molecule has 1 aromatic heterocycles. The zero-order valence-corrected chi connectivity index (χ0v) is 18.8. The number of aromatic nitrogens is 1. The van der Waals surface area contributed by atoms with Gasteiger partial charge in [-0.15, -0.1) is 11.3 Å². The van der Waals surface area contributed by atoms with Crippen molar-refractivity contribution in [3.63, 3.8) is 0 Å². The van der Waals surface area contributed by atoms with Gasteiger partial charge < -0.3 is 14.4 Å². The Balaban J connectivity index is 1.30. The average Bonchev–Trinajstić information content (AvgIpc) is 3.44. The van der Waals surface area contributed by atoms with E-state index in [1.54, 1.807) is 25.6 Å². The first kappa shape index (κ1) is 20.3. The molecule has 3 heterocycles. The van der Waals surface area contributed by atoms with E-state index in [-0.39, 0.29) is 11.9 Å². The molecule has 0 aliphatic carbocycles. The van der Waals surface area contributed by atoms with E-state index in [0.717, 1.165) is 54.2 Å². The number of likely N-dealkylation sites (tertiary alicyclic amines) is 1. The normalized spacial score (nSPS) is 18.9. The van der Waals surface area contributed by atoms with Gasteiger partial charge in [0.05, 0.1) is 37.0 Å². The molecule has 31 heavy (non-hydrogen) atoms. The maximum atomic E-state index is 13.2. The van der Waals surface area contributed by atoms with Gasteiger partial charge in [0, 0.05) is 13.1 Å². The lowest BCUT2D eigenvalue weighted by atomic mass is 9.98. The van der Waals surface area contributed by atoms with Crippen LogP contribution in [0.1, 0.15) is 35.0 Å². The summed E-state index contributed by atoms with van der Waals surface area (Å²) >= 11 is 1.76. The molecular weight excluding hydrogens is 410 g/mol. The smallest absolute Gasteiger partial charge is 0.237 e. The third-order valence-corrected chi connectivity index (χ3v) is 7.51. The Morgan fingerprint density at radius 2 is 1.90 bits per heavy atom. The van der Waals surface area contributed by atoms with Gasteiger partial charge in [0.1, 0.15) is 5.01 Å². The number of fused-ring (bicyclic) bond motifs is 2. The molecule has 2 aliphatic heterocycles. The van der Waals surface area contributed by atoms with Crippen LogP contribution in [0.2, 0.25) is 0 Å². The molecule has 1 fully saturated rings. The van der Waals surface area contributed by atoms with Gasteiger partial charge >= 0.3 is 0 Å². The van der Waals surface area contributed by atoms with Gasteiger partial charge in [0.2, 0.25) is 5.91 Å². The molecule has 1 atom stereocenters. The number of rotatable bonds is 5. The van der Waals surface area contributed by atoms with Crippen molar-refractivity contribution in [1.29, 1.82) is 0 Å². The minimum absolute atomic E-state index is 0.188. The van der Waals surface area contributed by atoms with Crippen molar-refractivity contribution < 1.29 is 14.3 Å². The minimum Gasteiger partial charge on any atom is -0.493 e. The van der Waals surface area contributed by atoms with Gasteiger partial charge in [-0.05, 0) is 61.2 Å². The highest BCUT2D eigenvalue weighted by Gasteiger charge is 2.32. The second-order valence-electron chi connectivity index (χ2n) is 8.19. The predicted octanol–water partition coefficient (Wildman–Crippen LogP) is 4.04. The molecular formula is C24H27N3O3S. The molecule has 0 bridgehead atoms. The number of para-hydroxylation sites is 1. The van der Waals surface area contributed by atoms with Crippen LogP contribution in [-0.2, 0) is 17.8 Å². The second kappa shape index (κ2) is 8.48. The molecule has 0 radical (unpaired) electrons. The fourth-order valence-electron chi connectivity index (χ4n) is 4.70. The Morgan fingerprint density at radius 3 is 2.68 bits per heavy atom. The van der Waals surface area contributed by atoms with Crippen LogP contribution in [-0.4, -0.2) is 54.5 Å². The summed E-state index contributed by atoms with van der Waals surface area (Å²) in [5.41, 5.74) is 3.43. The average molecular weight is 438 g/mol. The van der Waals surface area contributed by atoms with Crippen molar-refractivity contribution in [3.8, 4) is 11.5 Å². The Hall–Kier alpha value is -2.64.